The summed E-state index contributed by atoms with van der Waals surface area (Å²) in [6, 6.07) is 0. The number of halogens is 2. The van der Waals surface area contributed by atoms with Crippen molar-refractivity contribution < 1.29 is 9.90 Å². The van der Waals surface area contributed by atoms with E-state index in [2.05, 4.69) is 11.8 Å². The van der Waals surface area contributed by atoms with E-state index in [1.807, 2.05) is 25.8 Å². The minimum Gasteiger partial charge on any atom is -0.392 e. The number of nitrogens with two attached hydrogens (primary N) is 1. The van der Waals surface area contributed by atoms with Crippen LogP contribution in [0.4, 0.5) is 0 Å². The highest BCUT2D eigenvalue weighted by Gasteiger charge is 2.31. The smallest absolute Gasteiger partial charge is 0.242 e. The summed E-state index contributed by atoms with van der Waals surface area (Å²) in [7, 11) is 1.87. The summed E-state index contributed by atoms with van der Waals surface area (Å²) in [5, 5.41) is 9.42. The van der Waals surface area contributed by atoms with E-state index in [0.717, 1.165) is 51.9 Å². The lowest BCUT2D eigenvalue weighted by molar-refractivity contribution is -0.136. The van der Waals surface area contributed by atoms with Crippen LogP contribution in [-0.2, 0) is 4.79 Å². The van der Waals surface area contributed by atoms with Crippen LogP contribution in [0.2, 0.25) is 0 Å². The zero-order valence-corrected chi connectivity index (χ0v) is 16.6. The van der Waals surface area contributed by atoms with Gasteiger partial charge in [-0.1, -0.05) is 13.3 Å². The molecule has 1 saturated heterocycles. The maximum absolute atomic E-state index is 12.4. The normalized spacial score (nSPS) is 19.9. The number of nitrogens with zero attached hydrogens (tertiary/aromatic N) is 2. The van der Waals surface area contributed by atoms with Crippen molar-refractivity contribution in [2.24, 2.45) is 11.7 Å². The molecule has 23 heavy (non-hydrogen) atoms. The van der Waals surface area contributed by atoms with Crippen LogP contribution in [-0.4, -0.2) is 65.7 Å². The zero-order chi connectivity index (χ0) is 16.0. The highest BCUT2D eigenvalue weighted by molar-refractivity contribution is 5.86. The Bertz CT molecular complexity index is 333. The lowest BCUT2D eigenvalue weighted by atomic mass is 9.93. The maximum Gasteiger partial charge on any atom is 0.242 e. The topological polar surface area (TPSA) is 69.8 Å². The van der Waals surface area contributed by atoms with Crippen LogP contribution in [0.3, 0.4) is 0 Å². The molecule has 0 bridgehead atoms. The van der Waals surface area contributed by atoms with E-state index < -0.39 is 5.54 Å². The third kappa shape index (κ3) is 8.54. The first-order valence-electron chi connectivity index (χ1n) is 8.21. The van der Waals surface area contributed by atoms with Crippen molar-refractivity contribution in [3.63, 3.8) is 0 Å². The van der Waals surface area contributed by atoms with Crippen LogP contribution in [0.25, 0.3) is 0 Å². The Morgan fingerprint density at radius 2 is 1.91 bits per heavy atom. The van der Waals surface area contributed by atoms with Crippen molar-refractivity contribution in [1.82, 2.24) is 9.80 Å². The van der Waals surface area contributed by atoms with Gasteiger partial charge in [0.1, 0.15) is 0 Å². The fourth-order valence-electron chi connectivity index (χ4n) is 3.26. The van der Waals surface area contributed by atoms with Crippen LogP contribution in [0.15, 0.2) is 0 Å². The number of carbonyl (C=O) groups is 1. The van der Waals surface area contributed by atoms with Crippen molar-refractivity contribution in [2.75, 3.05) is 33.2 Å². The molecule has 140 valence electrons. The van der Waals surface area contributed by atoms with Crippen LogP contribution < -0.4 is 5.73 Å². The number of aliphatic hydroxyl groups is 1. The first-order valence-corrected chi connectivity index (χ1v) is 8.21. The molecule has 0 aromatic rings. The molecule has 2 atom stereocenters. The number of amides is 1. The Labute approximate surface area is 153 Å². The molecule has 1 aliphatic heterocycles. The second-order valence-corrected chi connectivity index (χ2v) is 6.95. The van der Waals surface area contributed by atoms with Gasteiger partial charge in [-0.2, -0.15) is 0 Å². The van der Waals surface area contributed by atoms with Crippen LogP contribution in [0.1, 0.15) is 46.5 Å². The van der Waals surface area contributed by atoms with E-state index in [-0.39, 0.29) is 36.8 Å². The first-order chi connectivity index (χ1) is 9.76. The van der Waals surface area contributed by atoms with Gasteiger partial charge in [0.2, 0.25) is 5.91 Å². The Hall–Kier alpha value is -0.0700. The zero-order valence-electron chi connectivity index (χ0n) is 15.0. The maximum atomic E-state index is 12.4. The van der Waals surface area contributed by atoms with Crippen molar-refractivity contribution >= 4 is 30.7 Å². The van der Waals surface area contributed by atoms with Gasteiger partial charge in [0, 0.05) is 20.1 Å². The van der Waals surface area contributed by atoms with Gasteiger partial charge in [-0.3, -0.25) is 4.79 Å². The van der Waals surface area contributed by atoms with Gasteiger partial charge in [0.15, 0.2) is 0 Å². The molecule has 0 aliphatic carbocycles. The van der Waals surface area contributed by atoms with Gasteiger partial charge in [-0.15, -0.1) is 24.8 Å². The Balaban J connectivity index is 0. The summed E-state index contributed by atoms with van der Waals surface area (Å²) in [5.41, 5.74) is 5.39. The molecule has 2 unspecified atom stereocenters. The third-order valence-electron chi connectivity index (χ3n) is 4.37. The molecule has 0 aromatic heterocycles. The minimum atomic E-state index is -0.740. The van der Waals surface area contributed by atoms with Crippen molar-refractivity contribution in [3.8, 4) is 0 Å². The van der Waals surface area contributed by atoms with E-state index in [1.165, 1.54) is 0 Å². The molecule has 5 nitrogen and oxygen atoms in total. The monoisotopic (exact) mass is 371 g/mol. The van der Waals surface area contributed by atoms with Crippen molar-refractivity contribution in [2.45, 2.75) is 58.1 Å². The van der Waals surface area contributed by atoms with Gasteiger partial charge in [0.05, 0.1) is 11.6 Å². The van der Waals surface area contributed by atoms with Gasteiger partial charge < -0.3 is 20.6 Å². The summed E-state index contributed by atoms with van der Waals surface area (Å²) in [5.74, 6) is 0.595. The van der Waals surface area contributed by atoms with Gasteiger partial charge in [0.25, 0.3) is 0 Å². The van der Waals surface area contributed by atoms with Crippen LogP contribution >= 0.6 is 24.8 Å². The number of likely N-dealkylation sites (tertiary alicyclic amines) is 1. The molecular formula is C16H35Cl2N3O2. The van der Waals surface area contributed by atoms with E-state index in [4.69, 9.17) is 5.73 Å². The second kappa shape index (κ2) is 11.5. The van der Waals surface area contributed by atoms with Crippen molar-refractivity contribution in [1.29, 1.82) is 0 Å². The average molecular weight is 372 g/mol. The van der Waals surface area contributed by atoms with E-state index in [9.17, 15) is 9.90 Å². The Kier molecular flexibility index (Phi) is 12.6. The molecule has 1 fully saturated rings. The number of carbonyl (C=O) groups excluding carboxylic acids is 1. The highest BCUT2D eigenvalue weighted by atomic mass is 35.5. The standard InChI is InChI=1S/C16H33N3O2.2ClH/c1-5-8-16(3,17)15(21)18(4)12-14-6-9-19(10-7-14)11-13(2)20;;/h13-14,20H,5-12,17H2,1-4H3;2*1H. The van der Waals surface area contributed by atoms with Gasteiger partial charge >= 0.3 is 0 Å². The second-order valence-electron chi connectivity index (χ2n) is 6.95. The number of hydrogen-bond acceptors (Lipinski definition) is 4. The van der Waals surface area contributed by atoms with Gasteiger partial charge in [-0.05, 0) is 52.1 Å². The Morgan fingerprint density at radius 3 is 2.35 bits per heavy atom. The van der Waals surface area contributed by atoms with E-state index >= 15 is 0 Å². The SMILES string of the molecule is CCCC(C)(N)C(=O)N(C)CC1CCN(CC(C)O)CC1.Cl.Cl. The third-order valence-corrected chi connectivity index (χ3v) is 4.37. The fourth-order valence-corrected chi connectivity index (χ4v) is 3.26. The van der Waals surface area contributed by atoms with Gasteiger partial charge in [-0.25, -0.2) is 0 Å². The number of likely N-dealkylation sites (N-methyl/N-ethyl adjacent to an activating group) is 1. The van der Waals surface area contributed by atoms with Crippen LogP contribution in [0.5, 0.6) is 0 Å². The first kappa shape index (κ1) is 25.2. The largest absolute Gasteiger partial charge is 0.392 e. The molecule has 3 N–H and O–H groups in total. The Morgan fingerprint density at radius 1 is 1.39 bits per heavy atom. The summed E-state index contributed by atoms with van der Waals surface area (Å²) >= 11 is 0. The lowest BCUT2D eigenvalue weighted by Crippen LogP contribution is -2.53. The fraction of sp³-hybridized carbons (Fsp3) is 0.938. The number of β-amino-alcohol motifs (C(OH)–C–C–N with tert-alkyl or cyclic N) is 1. The van der Waals surface area contributed by atoms with Crippen LogP contribution in [0, 0.1) is 5.92 Å². The summed E-state index contributed by atoms with van der Waals surface area (Å²) < 4.78 is 0. The average Bonchev–Trinajstić information content (AvgIpc) is 2.39. The molecule has 1 rings (SSSR count). The molecule has 1 amide bonds. The quantitative estimate of drug-likeness (QED) is 0.716. The molecular weight excluding hydrogens is 337 g/mol. The molecule has 0 aromatic carbocycles. The van der Waals surface area contributed by atoms with E-state index in [0.29, 0.717) is 5.92 Å². The molecule has 7 heteroatoms. The summed E-state index contributed by atoms with van der Waals surface area (Å²) in [6.45, 7) is 9.26. The minimum absolute atomic E-state index is 0. The number of rotatable bonds is 7. The predicted molar refractivity (Wildman–Crippen MR) is 100 cm³/mol. The molecule has 1 aliphatic rings. The molecule has 0 radical (unpaired) electrons. The number of aliphatic hydroxyl groups excluding tert-OH is 1. The van der Waals surface area contributed by atoms with Crippen molar-refractivity contribution in [3.05, 3.63) is 0 Å². The lowest BCUT2D eigenvalue weighted by Gasteiger charge is -2.36. The summed E-state index contributed by atoms with van der Waals surface area (Å²) in [6.07, 6.45) is 3.55. The molecule has 1 heterocycles. The predicted octanol–water partition coefficient (Wildman–Crippen LogP) is 1.90. The number of piperidine rings is 1. The highest BCUT2D eigenvalue weighted by Crippen LogP contribution is 2.20. The molecule has 0 spiro atoms. The molecule has 0 saturated carbocycles. The van der Waals surface area contributed by atoms with E-state index in [1.54, 1.807) is 0 Å². The summed E-state index contributed by atoms with van der Waals surface area (Å²) in [4.78, 5) is 16.5. The number of hydrogen-bond donors (Lipinski definition) is 2.